The third kappa shape index (κ3) is 8.63. The van der Waals surface area contributed by atoms with Crippen molar-refractivity contribution in [3.05, 3.63) is 119 Å². The number of methoxy groups -OCH3 is 1. The highest BCUT2D eigenvalue weighted by Crippen LogP contribution is 2.27. The number of rotatable bonds is 10. The Morgan fingerprint density at radius 3 is 2.34 bits per heavy atom. The highest BCUT2D eigenvalue weighted by Gasteiger charge is 2.17. The largest absolute Gasteiger partial charge is 0.508 e. The smallest absolute Gasteiger partial charge is 0.272 e. The van der Waals surface area contributed by atoms with Crippen LogP contribution >= 0.6 is 23.4 Å². The number of phenolic OH excluding ortho intramolecular Hbond substituents is 1. The van der Waals surface area contributed by atoms with Gasteiger partial charge in [-0.25, -0.2) is 0 Å². The van der Waals surface area contributed by atoms with Gasteiger partial charge in [0.15, 0.2) is 0 Å². The molecule has 0 saturated heterocycles. The van der Waals surface area contributed by atoms with E-state index in [9.17, 15) is 19.5 Å². The van der Waals surface area contributed by atoms with Crippen LogP contribution in [0, 0.1) is 0 Å². The number of ether oxygens (including phenoxy) is 1. The lowest BCUT2D eigenvalue weighted by molar-refractivity contribution is -0.114. The second-order valence-electron chi connectivity index (χ2n) is 8.63. The summed E-state index contributed by atoms with van der Waals surface area (Å²) in [6, 6.07) is 26.8. The number of nitrogens with one attached hydrogen (secondary N) is 3. The molecule has 8 nitrogen and oxygen atoms in total. The van der Waals surface area contributed by atoms with E-state index in [0.29, 0.717) is 33.3 Å². The maximum atomic E-state index is 13.4. The molecule has 0 radical (unpaired) electrons. The molecule has 4 aromatic carbocycles. The van der Waals surface area contributed by atoms with Crippen molar-refractivity contribution in [1.29, 1.82) is 0 Å². The van der Waals surface area contributed by atoms with Gasteiger partial charge in [-0.05, 0) is 66.7 Å². The van der Waals surface area contributed by atoms with Crippen LogP contribution < -0.4 is 20.7 Å². The molecule has 0 fully saturated rings. The molecular weight excluding hydrogens is 562 g/mol. The Morgan fingerprint density at radius 1 is 0.878 bits per heavy atom. The molecule has 0 heterocycles. The predicted molar refractivity (Wildman–Crippen MR) is 162 cm³/mol. The first-order valence-corrected chi connectivity index (χ1v) is 13.7. The molecular formula is C31H26ClN3O5S. The normalized spacial score (nSPS) is 10.9. The molecule has 0 saturated carbocycles. The maximum absolute atomic E-state index is 13.4. The van der Waals surface area contributed by atoms with Crippen LogP contribution in [0.25, 0.3) is 6.08 Å². The molecule has 208 valence electrons. The first-order valence-electron chi connectivity index (χ1n) is 12.4. The van der Waals surface area contributed by atoms with Crippen LogP contribution in [0.4, 0.5) is 11.4 Å². The summed E-state index contributed by atoms with van der Waals surface area (Å²) in [5, 5.41) is 18.6. The van der Waals surface area contributed by atoms with Crippen LogP contribution in [0.3, 0.4) is 0 Å². The summed E-state index contributed by atoms with van der Waals surface area (Å²) in [7, 11) is 1.44. The molecule has 0 atom stereocenters. The average Bonchev–Trinajstić information content (AvgIpc) is 2.97. The molecule has 0 bridgehead atoms. The second kappa shape index (κ2) is 14.1. The number of hydrogen-bond acceptors (Lipinski definition) is 6. The molecule has 0 aliphatic rings. The van der Waals surface area contributed by atoms with Gasteiger partial charge in [0.1, 0.15) is 17.2 Å². The maximum Gasteiger partial charge on any atom is 0.272 e. The van der Waals surface area contributed by atoms with E-state index in [1.165, 1.54) is 37.1 Å². The standard InChI is InChI=1S/C31H26ClN3O5S/c1-40-28-18-25(36)14-13-21(28)15-27(35-30(38)20-7-3-2-4-8-20)31(39)34-24-11-6-12-26(17-24)41-19-29(37)33-23-10-5-9-22(32)16-23/h2-18,36H,19H2,1H3,(H,33,37)(H,34,39)(H,35,38)/b27-15+. The van der Waals surface area contributed by atoms with Gasteiger partial charge < -0.3 is 25.8 Å². The van der Waals surface area contributed by atoms with Crippen LogP contribution in [0.15, 0.2) is 108 Å². The first kappa shape index (κ1) is 29.3. The molecule has 0 aromatic heterocycles. The van der Waals surface area contributed by atoms with Crippen molar-refractivity contribution >= 4 is 58.5 Å². The zero-order valence-corrected chi connectivity index (χ0v) is 23.5. The van der Waals surface area contributed by atoms with E-state index in [1.54, 1.807) is 78.9 Å². The van der Waals surface area contributed by atoms with Crippen molar-refractivity contribution in [2.45, 2.75) is 4.90 Å². The quantitative estimate of drug-likeness (QED) is 0.130. The fraction of sp³-hybridized carbons (Fsp3) is 0.0645. The predicted octanol–water partition coefficient (Wildman–Crippen LogP) is 6.19. The van der Waals surface area contributed by atoms with Crippen LogP contribution in [-0.2, 0) is 9.59 Å². The lowest BCUT2D eigenvalue weighted by atomic mass is 10.1. The number of phenols is 1. The molecule has 4 aromatic rings. The highest BCUT2D eigenvalue weighted by atomic mass is 35.5. The zero-order valence-electron chi connectivity index (χ0n) is 21.9. The van der Waals surface area contributed by atoms with Gasteiger partial charge in [-0.1, -0.05) is 41.9 Å². The zero-order chi connectivity index (χ0) is 29.2. The van der Waals surface area contributed by atoms with Gasteiger partial charge in [-0.2, -0.15) is 0 Å². The SMILES string of the molecule is COc1cc(O)ccc1/C=C(/NC(=O)c1ccccc1)C(=O)Nc1cccc(SCC(=O)Nc2cccc(Cl)c2)c1. The summed E-state index contributed by atoms with van der Waals surface area (Å²) in [6.07, 6.45) is 1.47. The van der Waals surface area contributed by atoms with Crippen molar-refractivity contribution in [2.75, 3.05) is 23.5 Å². The van der Waals surface area contributed by atoms with Crippen LogP contribution in [0.1, 0.15) is 15.9 Å². The number of carbonyl (C=O) groups is 3. The van der Waals surface area contributed by atoms with E-state index < -0.39 is 11.8 Å². The van der Waals surface area contributed by atoms with Gasteiger partial charge in [0, 0.05) is 38.5 Å². The van der Waals surface area contributed by atoms with E-state index in [1.807, 2.05) is 6.07 Å². The number of halogens is 1. The number of hydrogen-bond donors (Lipinski definition) is 4. The van der Waals surface area contributed by atoms with E-state index in [0.717, 1.165) is 4.90 Å². The molecule has 4 rings (SSSR count). The van der Waals surface area contributed by atoms with Crippen molar-refractivity contribution < 1.29 is 24.2 Å². The minimum Gasteiger partial charge on any atom is -0.508 e. The third-order valence-electron chi connectivity index (χ3n) is 5.62. The van der Waals surface area contributed by atoms with E-state index >= 15 is 0 Å². The third-order valence-corrected chi connectivity index (χ3v) is 6.84. The Bertz CT molecular complexity index is 1590. The highest BCUT2D eigenvalue weighted by molar-refractivity contribution is 8.00. The van der Waals surface area contributed by atoms with Gasteiger partial charge in [-0.15, -0.1) is 11.8 Å². The van der Waals surface area contributed by atoms with Gasteiger partial charge in [0.05, 0.1) is 12.9 Å². The topological polar surface area (TPSA) is 117 Å². The van der Waals surface area contributed by atoms with Crippen molar-refractivity contribution in [3.8, 4) is 11.5 Å². The molecule has 0 unspecified atom stereocenters. The van der Waals surface area contributed by atoms with Gasteiger partial charge in [-0.3, -0.25) is 14.4 Å². The van der Waals surface area contributed by atoms with E-state index in [2.05, 4.69) is 16.0 Å². The Hall–Kier alpha value is -4.73. The Balaban J connectivity index is 1.49. The summed E-state index contributed by atoms with van der Waals surface area (Å²) < 4.78 is 5.33. The van der Waals surface area contributed by atoms with Gasteiger partial charge >= 0.3 is 0 Å². The summed E-state index contributed by atoms with van der Waals surface area (Å²) >= 11 is 7.27. The number of aromatic hydroxyl groups is 1. The molecule has 4 N–H and O–H groups in total. The lowest BCUT2D eigenvalue weighted by Gasteiger charge is -2.13. The van der Waals surface area contributed by atoms with Gasteiger partial charge in [0.25, 0.3) is 11.8 Å². The monoisotopic (exact) mass is 587 g/mol. The first-order chi connectivity index (χ1) is 19.8. The molecule has 10 heteroatoms. The van der Waals surface area contributed by atoms with Crippen molar-refractivity contribution in [1.82, 2.24) is 5.32 Å². The minimum atomic E-state index is -0.578. The van der Waals surface area contributed by atoms with Gasteiger partial charge in [0.2, 0.25) is 5.91 Å². The summed E-state index contributed by atoms with van der Waals surface area (Å²) in [5.41, 5.74) is 1.87. The Morgan fingerprint density at radius 2 is 1.61 bits per heavy atom. The fourth-order valence-electron chi connectivity index (χ4n) is 3.69. The fourth-order valence-corrected chi connectivity index (χ4v) is 4.64. The number of amides is 3. The van der Waals surface area contributed by atoms with E-state index in [-0.39, 0.29) is 23.1 Å². The lowest BCUT2D eigenvalue weighted by Crippen LogP contribution is -2.30. The summed E-state index contributed by atoms with van der Waals surface area (Å²) in [6.45, 7) is 0. The number of benzene rings is 4. The Kier molecular flexibility index (Phi) is 10.0. The second-order valence-corrected chi connectivity index (χ2v) is 10.1. The average molecular weight is 588 g/mol. The van der Waals surface area contributed by atoms with E-state index in [4.69, 9.17) is 16.3 Å². The van der Waals surface area contributed by atoms with Crippen LogP contribution in [0.2, 0.25) is 5.02 Å². The van der Waals surface area contributed by atoms with Crippen molar-refractivity contribution in [3.63, 3.8) is 0 Å². The van der Waals surface area contributed by atoms with Crippen molar-refractivity contribution in [2.24, 2.45) is 0 Å². The Labute approximate surface area is 246 Å². The molecule has 0 aliphatic heterocycles. The van der Waals surface area contributed by atoms with Crippen LogP contribution in [0.5, 0.6) is 11.5 Å². The summed E-state index contributed by atoms with van der Waals surface area (Å²) in [4.78, 5) is 39.5. The number of anilines is 2. The molecule has 0 spiro atoms. The minimum absolute atomic E-state index is 0.00566. The molecule has 3 amide bonds. The molecule has 41 heavy (non-hydrogen) atoms. The van der Waals surface area contributed by atoms with Crippen LogP contribution in [-0.4, -0.2) is 35.7 Å². The summed E-state index contributed by atoms with van der Waals surface area (Å²) in [5.74, 6) is -0.802. The number of thioether (sulfide) groups is 1. The molecule has 0 aliphatic carbocycles. The number of carbonyl (C=O) groups excluding carboxylic acids is 3.